The third kappa shape index (κ3) is 12.7. The molecule has 1 aromatic carbocycles. The molecule has 3 aliphatic rings. The number of aliphatic hydroxyl groups excluding tert-OH is 10. The number of nitrogens with one attached hydrogen (secondary N) is 2. The molecule has 1 aromatic rings. The summed E-state index contributed by atoms with van der Waals surface area (Å²) < 4.78 is 38.4. The molecule has 15 atom stereocenters. The fraction of sp³-hybridized carbons (Fsp3) is 0.765. The van der Waals surface area contributed by atoms with Crippen LogP contribution < -0.4 is 10.6 Å². The Morgan fingerprint density at radius 1 is 0.618 bits per heavy atom. The molecule has 21 heteroatoms. The molecular formula is C34H54N2O19. The summed E-state index contributed by atoms with van der Waals surface area (Å²) in [5.74, 6) is -0.297. The topological polar surface area (TPSA) is 325 Å². The van der Waals surface area contributed by atoms with Gasteiger partial charge in [0.2, 0.25) is 5.91 Å². The lowest BCUT2D eigenvalue weighted by Crippen LogP contribution is -2.65. The summed E-state index contributed by atoms with van der Waals surface area (Å²) in [5.41, 5.74) is 0.865. The van der Waals surface area contributed by atoms with Crippen molar-refractivity contribution in [1.29, 1.82) is 0 Å². The number of aliphatic hydroxyl groups is 10. The minimum absolute atomic E-state index is 0.0347. The average molecular weight is 795 g/mol. The molecule has 12 N–H and O–H groups in total. The smallest absolute Gasteiger partial charge is 0.407 e. The van der Waals surface area contributed by atoms with E-state index in [1.165, 1.54) is 0 Å². The highest BCUT2D eigenvalue weighted by atomic mass is 16.7. The first-order valence-corrected chi connectivity index (χ1v) is 18.1. The number of rotatable bonds is 19. The minimum Gasteiger partial charge on any atom is -0.445 e. The fourth-order valence-corrected chi connectivity index (χ4v) is 6.07. The second-order valence-electron chi connectivity index (χ2n) is 13.4. The number of unbranched alkanes of at least 4 members (excludes halogenated alkanes) is 2. The van der Waals surface area contributed by atoms with Gasteiger partial charge in [-0.3, -0.25) is 4.79 Å². The lowest BCUT2D eigenvalue weighted by Gasteiger charge is -2.46. The van der Waals surface area contributed by atoms with E-state index in [0.29, 0.717) is 25.8 Å². The Hall–Kier alpha value is -2.68. The van der Waals surface area contributed by atoms with Crippen molar-refractivity contribution < 1.29 is 93.8 Å². The molecule has 0 bridgehead atoms. The summed E-state index contributed by atoms with van der Waals surface area (Å²) >= 11 is 0. The van der Waals surface area contributed by atoms with Crippen LogP contribution in [0.2, 0.25) is 0 Å². The third-order valence-corrected chi connectivity index (χ3v) is 9.32. The summed E-state index contributed by atoms with van der Waals surface area (Å²) in [6.45, 7) is -1.85. The second kappa shape index (κ2) is 22.3. The van der Waals surface area contributed by atoms with Gasteiger partial charge in [-0.2, -0.15) is 0 Å². The second-order valence-corrected chi connectivity index (χ2v) is 13.4. The van der Waals surface area contributed by atoms with E-state index in [2.05, 4.69) is 10.6 Å². The molecule has 0 aliphatic carbocycles. The first-order chi connectivity index (χ1) is 26.4. The van der Waals surface area contributed by atoms with Gasteiger partial charge in [-0.25, -0.2) is 4.79 Å². The maximum absolute atomic E-state index is 12.4. The van der Waals surface area contributed by atoms with Gasteiger partial charge >= 0.3 is 6.09 Å². The van der Waals surface area contributed by atoms with Crippen LogP contribution in [0.1, 0.15) is 31.2 Å². The van der Waals surface area contributed by atoms with Crippen molar-refractivity contribution in [3.8, 4) is 0 Å². The van der Waals surface area contributed by atoms with E-state index in [0.717, 1.165) is 5.56 Å². The van der Waals surface area contributed by atoms with Gasteiger partial charge < -0.3 is 94.9 Å². The average Bonchev–Trinajstić information content (AvgIpc) is 3.18. The van der Waals surface area contributed by atoms with E-state index < -0.39 is 118 Å². The van der Waals surface area contributed by atoms with Crippen LogP contribution in [0.15, 0.2) is 30.3 Å². The predicted molar refractivity (Wildman–Crippen MR) is 181 cm³/mol. The van der Waals surface area contributed by atoms with Crippen molar-refractivity contribution in [3.05, 3.63) is 35.9 Å². The van der Waals surface area contributed by atoms with Gasteiger partial charge in [0.25, 0.3) is 0 Å². The lowest BCUT2D eigenvalue weighted by atomic mass is 9.96. The van der Waals surface area contributed by atoms with Crippen LogP contribution >= 0.6 is 0 Å². The van der Waals surface area contributed by atoms with Gasteiger partial charge in [0.05, 0.1) is 26.4 Å². The zero-order valence-electron chi connectivity index (χ0n) is 30.0. The number of amides is 2. The molecule has 3 saturated heterocycles. The number of carbonyl (C=O) groups is 2. The van der Waals surface area contributed by atoms with Crippen molar-refractivity contribution in [2.24, 2.45) is 0 Å². The van der Waals surface area contributed by atoms with Gasteiger partial charge in [-0.1, -0.05) is 36.8 Å². The van der Waals surface area contributed by atoms with E-state index in [1.54, 1.807) is 0 Å². The van der Waals surface area contributed by atoms with Crippen molar-refractivity contribution in [3.63, 3.8) is 0 Å². The Morgan fingerprint density at radius 2 is 1.22 bits per heavy atom. The van der Waals surface area contributed by atoms with Crippen LogP contribution in [0.5, 0.6) is 0 Å². The summed E-state index contributed by atoms with van der Waals surface area (Å²) in [5, 5.41) is 108. The highest BCUT2D eigenvalue weighted by molar-refractivity contribution is 5.75. The third-order valence-electron chi connectivity index (χ3n) is 9.32. The van der Waals surface area contributed by atoms with Crippen molar-refractivity contribution in [1.82, 2.24) is 10.6 Å². The van der Waals surface area contributed by atoms with Crippen LogP contribution in [0.25, 0.3) is 0 Å². The summed E-state index contributed by atoms with van der Waals surface area (Å²) in [7, 11) is 0. The molecule has 3 aliphatic heterocycles. The van der Waals surface area contributed by atoms with Gasteiger partial charge in [-0.15, -0.1) is 0 Å². The quantitative estimate of drug-likeness (QED) is 0.0584. The van der Waals surface area contributed by atoms with Crippen LogP contribution in [-0.2, 0) is 44.6 Å². The van der Waals surface area contributed by atoms with E-state index >= 15 is 0 Å². The first kappa shape index (κ1) is 45.0. The van der Waals surface area contributed by atoms with Gasteiger partial charge in [-0.05, 0) is 18.4 Å². The number of hydrogen-bond donors (Lipinski definition) is 12. The normalized spacial score (nSPS) is 36.6. The van der Waals surface area contributed by atoms with Crippen molar-refractivity contribution in [2.45, 2.75) is 124 Å². The fourth-order valence-electron chi connectivity index (χ4n) is 6.07. The van der Waals surface area contributed by atoms with Crippen molar-refractivity contribution in [2.75, 3.05) is 39.5 Å². The Bertz CT molecular complexity index is 1280. The van der Waals surface area contributed by atoms with Crippen LogP contribution in [0.4, 0.5) is 4.79 Å². The molecule has 3 heterocycles. The Morgan fingerprint density at radius 3 is 1.87 bits per heavy atom. The number of alkyl carbamates (subject to hydrolysis) is 1. The molecule has 0 unspecified atom stereocenters. The molecule has 3 fully saturated rings. The predicted octanol–water partition coefficient (Wildman–Crippen LogP) is -4.95. The molecule has 0 saturated carbocycles. The van der Waals surface area contributed by atoms with Crippen LogP contribution in [0.3, 0.4) is 0 Å². The Labute approximate surface area is 316 Å². The number of hydrogen-bond acceptors (Lipinski definition) is 19. The standard InChI is InChI=1S/C34H54N2O19/c37-13-18-22(40)25(43)27(45)31(52-18)50-16-20-24(42)30(55-33-28(46)26(44)23(41)19(14-38)53-33)29(47)32(54-20)49-12-11-35-21(39)9-5-2-6-10-36-34(48)51-15-17-7-3-1-4-8-17/h1,3-4,7-8,18-20,22-33,37-38,40-47H,2,5-6,9-16H2,(H,35,39)(H,36,48)/t18-,19-,20-,22-,23-,24-,25+,26+,27+,28+,29-,30+,31+,32-,33-/m1/s1. The number of carbonyl (C=O) groups excluding carboxylic acids is 2. The summed E-state index contributed by atoms with van der Waals surface area (Å²) in [4.78, 5) is 24.2. The number of ether oxygens (including phenoxy) is 7. The molecule has 4 rings (SSSR count). The summed E-state index contributed by atoms with van der Waals surface area (Å²) in [6, 6.07) is 9.24. The summed E-state index contributed by atoms with van der Waals surface area (Å²) in [6.07, 6.45) is -23.6. The maximum atomic E-state index is 12.4. The zero-order chi connectivity index (χ0) is 40.1. The molecule has 314 valence electrons. The van der Waals surface area contributed by atoms with Gasteiger partial charge in [0.15, 0.2) is 18.9 Å². The van der Waals surface area contributed by atoms with Gasteiger partial charge in [0.1, 0.15) is 79.9 Å². The van der Waals surface area contributed by atoms with Gasteiger partial charge in [0, 0.05) is 19.5 Å². The lowest BCUT2D eigenvalue weighted by molar-refractivity contribution is -0.366. The first-order valence-electron chi connectivity index (χ1n) is 18.1. The van der Waals surface area contributed by atoms with Crippen LogP contribution in [0, 0.1) is 0 Å². The van der Waals surface area contributed by atoms with E-state index in [9.17, 15) is 60.7 Å². The highest BCUT2D eigenvalue weighted by Gasteiger charge is 2.52. The van der Waals surface area contributed by atoms with E-state index in [1.807, 2.05) is 30.3 Å². The molecular weight excluding hydrogens is 740 g/mol. The Balaban J connectivity index is 1.25. The van der Waals surface area contributed by atoms with E-state index in [-0.39, 0.29) is 32.1 Å². The minimum atomic E-state index is -1.89. The number of benzene rings is 1. The zero-order valence-corrected chi connectivity index (χ0v) is 30.0. The Kier molecular flexibility index (Phi) is 18.3. The van der Waals surface area contributed by atoms with Crippen molar-refractivity contribution >= 4 is 12.0 Å². The monoisotopic (exact) mass is 794 g/mol. The molecule has 21 nitrogen and oxygen atoms in total. The molecule has 2 amide bonds. The van der Waals surface area contributed by atoms with E-state index in [4.69, 9.17) is 33.2 Å². The maximum Gasteiger partial charge on any atom is 0.407 e. The molecule has 0 aromatic heterocycles. The van der Waals surface area contributed by atoms with Crippen LogP contribution in [-0.4, -0.2) is 195 Å². The largest absolute Gasteiger partial charge is 0.445 e. The molecule has 0 spiro atoms. The highest BCUT2D eigenvalue weighted by Crippen LogP contribution is 2.31. The molecule has 0 radical (unpaired) electrons. The molecule has 55 heavy (non-hydrogen) atoms. The SMILES string of the molecule is O=C(CCCCCNC(=O)OCc1ccccc1)NCCO[C@@H]1O[C@H](CO[C@H]2O[C@H](CO)[C@@H](O)[C@H](O)[C@@H]2O)[C@@H](O)[C@H](O[C@H]2O[C@H](CO)[C@@H](O)[C@H](O)[C@@H]2O)[C@H]1O.